The van der Waals surface area contributed by atoms with E-state index in [1.165, 1.54) is 16.7 Å². The standard InChI is InChI=1S/C26H25F3N6O2S/c1-15-19(24-30-14-31-34-24)10-11-20-22(15)35(13-16-5-12-21(26(27,28)29)33-23(16)32-20)38(36,37)18-8-6-17(7-9-18)25(2,3)4/h5-12,14H,13H2,1-4H3,(H,32,33)(H,30,31,34). The van der Waals surface area contributed by atoms with E-state index in [1.54, 1.807) is 43.3 Å². The van der Waals surface area contributed by atoms with Gasteiger partial charge in [-0.05, 0) is 53.8 Å². The summed E-state index contributed by atoms with van der Waals surface area (Å²) in [5.41, 5.74) is 1.74. The predicted molar refractivity (Wildman–Crippen MR) is 138 cm³/mol. The summed E-state index contributed by atoms with van der Waals surface area (Å²) in [5.74, 6) is 0.366. The molecule has 0 bridgehead atoms. The van der Waals surface area contributed by atoms with Gasteiger partial charge in [-0.2, -0.15) is 18.3 Å². The molecule has 0 saturated carbocycles. The molecule has 198 valence electrons. The molecule has 38 heavy (non-hydrogen) atoms. The molecule has 0 unspecified atom stereocenters. The molecule has 1 aliphatic heterocycles. The van der Waals surface area contributed by atoms with E-state index in [4.69, 9.17) is 0 Å². The molecule has 0 spiro atoms. The number of nitrogens with one attached hydrogen (secondary N) is 2. The number of halogens is 3. The summed E-state index contributed by atoms with van der Waals surface area (Å²) in [6.45, 7) is 7.58. The average molecular weight is 543 g/mol. The van der Waals surface area contributed by atoms with Crippen LogP contribution in [0.2, 0.25) is 0 Å². The minimum Gasteiger partial charge on any atom is -0.338 e. The van der Waals surface area contributed by atoms with Gasteiger partial charge in [-0.25, -0.2) is 18.4 Å². The van der Waals surface area contributed by atoms with Crippen molar-refractivity contribution in [2.75, 3.05) is 9.62 Å². The van der Waals surface area contributed by atoms with Gasteiger partial charge in [-0.15, -0.1) is 0 Å². The van der Waals surface area contributed by atoms with Gasteiger partial charge in [-0.1, -0.05) is 39.0 Å². The number of fused-ring (bicyclic) bond motifs is 2. The first kappa shape index (κ1) is 25.7. The quantitative estimate of drug-likeness (QED) is 0.332. The van der Waals surface area contributed by atoms with Crippen LogP contribution in [0.4, 0.5) is 30.4 Å². The zero-order valence-electron chi connectivity index (χ0n) is 21.1. The van der Waals surface area contributed by atoms with E-state index >= 15 is 0 Å². The molecular formula is C26H25F3N6O2S. The molecule has 0 radical (unpaired) electrons. The van der Waals surface area contributed by atoms with Gasteiger partial charge >= 0.3 is 6.18 Å². The Balaban J connectivity index is 1.71. The molecule has 2 N–H and O–H groups in total. The second kappa shape index (κ2) is 8.83. The van der Waals surface area contributed by atoms with E-state index < -0.39 is 21.9 Å². The highest BCUT2D eigenvalue weighted by Crippen LogP contribution is 2.44. The molecule has 12 heteroatoms. The number of benzene rings is 2. The minimum absolute atomic E-state index is 0.0595. The molecule has 5 rings (SSSR count). The maximum Gasteiger partial charge on any atom is 0.433 e. The van der Waals surface area contributed by atoms with Crippen molar-refractivity contribution in [2.45, 2.75) is 50.7 Å². The van der Waals surface area contributed by atoms with Crippen molar-refractivity contribution < 1.29 is 21.6 Å². The lowest BCUT2D eigenvalue weighted by Gasteiger charge is -2.27. The summed E-state index contributed by atoms with van der Waals surface area (Å²) in [6, 6.07) is 12.0. The second-order valence-corrected chi connectivity index (χ2v) is 11.9. The molecule has 2 aromatic carbocycles. The van der Waals surface area contributed by atoms with Gasteiger partial charge in [0.05, 0.1) is 22.8 Å². The van der Waals surface area contributed by atoms with E-state index in [-0.39, 0.29) is 28.4 Å². The first-order valence-corrected chi connectivity index (χ1v) is 13.2. The lowest BCUT2D eigenvalue weighted by molar-refractivity contribution is -0.141. The highest BCUT2D eigenvalue weighted by atomic mass is 32.2. The summed E-state index contributed by atoms with van der Waals surface area (Å²) in [5, 5.41) is 9.60. The van der Waals surface area contributed by atoms with Crippen LogP contribution >= 0.6 is 0 Å². The molecule has 2 aromatic heterocycles. The fourth-order valence-electron chi connectivity index (χ4n) is 4.42. The maximum absolute atomic E-state index is 14.1. The van der Waals surface area contributed by atoms with Gasteiger partial charge in [-0.3, -0.25) is 9.40 Å². The molecule has 0 fully saturated rings. The zero-order valence-corrected chi connectivity index (χ0v) is 21.9. The fraction of sp³-hybridized carbons (Fsp3) is 0.269. The summed E-state index contributed by atoms with van der Waals surface area (Å²) < 4.78 is 69.7. The van der Waals surface area contributed by atoms with Gasteiger partial charge < -0.3 is 5.32 Å². The van der Waals surface area contributed by atoms with E-state index in [1.807, 2.05) is 20.8 Å². The van der Waals surface area contributed by atoms with Crippen LogP contribution in [0.1, 0.15) is 43.2 Å². The SMILES string of the molecule is Cc1c(-c2ncn[nH]2)ccc2c1N(S(=O)(=O)c1ccc(C(C)(C)C)cc1)Cc1ccc(C(F)(F)F)nc1N2. The van der Waals surface area contributed by atoms with E-state index in [0.717, 1.165) is 11.6 Å². The molecule has 3 heterocycles. The Bertz CT molecular complexity index is 1610. The van der Waals surface area contributed by atoms with Gasteiger partial charge in [0.15, 0.2) is 5.82 Å². The van der Waals surface area contributed by atoms with Crippen LogP contribution in [0.25, 0.3) is 11.4 Å². The number of aromatic amines is 1. The first-order chi connectivity index (χ1) is 17.8. The third-order valence-corrected chi connectivity index (χ3v) is 8.25. The zero-order chi connectivity index (χ0) is 27.5. The number of anilines is 3. The maximum atomic E-state index is 14.1. The Labute approximate surface area is 218 Å². The number of sulfonamides is 1. The van der Waals surface area contributed by atoms with E-state index in [2.05, 4.69) is 25.5 Å². The lowest BCUT2D eigenvalue weighted by atomic mass is 9.87. The molecule has 0 atom stereocenters. The van der Waals surface area contributed by atoms with Crippen molar-refractivity contribution in [1.29, 1.82) is 0 Å². The van der Waals surface area contributed by atoms with Gasteiger partial charge in [0.2, 0.25) is 0 Å². The summed E-state index contributed by atoms with van der Waals surface area (Å²) in [4.78, 5) is 8.03. The smallest absolute Gasteiger partial charge is 0.338 e. The predicted octanol–water partition coefficient (Wildman–Crippen LogP) is 5.94. The van der Waals surface area contributed by atoms with Crippen LogP contribution in [0.3, 0.4) is 0 Å². The topological polar surface area (TPSA) is 104 Å². The number of aromatic nitrogens is 4. The molecule has 4 aromatic rings. The normalized spacial score (nSPS) is 13.9. The van der Waals surface area contributed by atoms with Crippen LogP contribution < -0.4 is 9.62 Å². The monoisotopic (exact) mass is 542 g/mol. The summed E-state index contributed by atoms with van der Waals surface area (Å²) in [6.07, 6.45) is -3.32. The number of hydrogen-bond donors (Lipinski definition) is 2. The van der Waals surface area contributed by atoms with Crippen LogP contribution in [0.15, 0.2) is 59.8 Å². The Morgan fingerprint density at radius 3 is 2.29 bits per heavy atom. The average Bonchev–Trinajstić information content (AvgIpc) is 3.31. The molecule has 0 amide bonds. The van der Waals surface area contributed by atoms with Gasteiger partial charge in [0.25, 0.3) is 10.0 Å². The Kier molecular flexibility index (Phi) is 5.97. The van der Waals surface area contributed by atoms with Crippen LogP contribution in [0.5, 0.6) is 0 Å². The van der Waals surface area contributed by atoms with Crippen molar-refractivity contribution in [3.8, 4) is 11.4 Å². The third-order valence-electron chi connectivity index (χ3n) is 6.50. The molecule has 0 saturated heterocycles. The molecule has 1 aliphatic rings. The van der Waals surface area contributed by atoms with Crippen LogP contribution in [0, 0.1) is 6.92 Å². The van der Waals surface area contributed by atoms with Crippen molar-refractivity contribution in [3.63, 3.8) is 0 Å². The lowest BCUT2D eigenvalue weighted by Crippen LogP contribution is -2.31. The van der Waals surface area contributed by atoms with Crippen molar-refractivity contribution in [3.05, 3.63) is 77.2 Å². The highest BCUT2D eigenvalue weighted by molar-refractivity contribution is 7.92. The van der Waals surface area contributed by atoms with E-state index in [9.17, 15) is 21.6 Å². The number of hydrogen-bond acceptors (Lipinski definition) is 6. The minimum atomic E-state index is -4.65. The van der Waals surface area contributed by atoms with E-state index in [0.29, 0.717) is 28.2 Å². The fourth-order valence-corrected chi connectivity index (χ4v) is 5.94. The summed E-state index contributed by atoms with van der Waals surface area (Å²) >= 11 is 0. The molecule has 0 aliphatic carbocycles. The molecule has 8 nitrogen and oxygen atoms in total. The van der Waals surface area contributed by atoms with Gasteiger partial charge in [0, 0.05) is 11.1 Å². The number of alkyl halides is 3. The third kappa shape index (κ3) is 4.49. The first-order valence-electron chi connectivity index (χ1n) is 11.7. The second-order valence-electron chi connectivity index (χ2n) is 10.1. The van der Waals surface area contributed by atoms with Crippen LogP contribution in [-0.2, 0) is 28.2 Å². The van der Waals surface area contributed by atoms with Crippen molar-refractivity contribution in [2.24, 2.45) is 0 Å². The highest BCUT2D eigenvalue weighted by Gasteiger charge is 2.36. The Morgan fingerprint density at radius 1 is 0.974 bits per heavy atom. The number of nitrogens with zero attached hydrogens (tertiary/aromatic N) is 4. The van der Waals surface area contributed by atoms with Crippen molar-refractivity contribution >= 4 is 27.2 Å². The number of H-pyrrole nitrogens is 1. The summed E-state index contributed by atoms with van der Waals surface area (Å²) in [7, 11) is -4.15. The Morgan fingerprint density at radius 2 is 1.68 bits per heavy atom. The number of pyridine rings is 1. The largest absolute Gasteiger partial charge is 0.433 e. The van der Waals surface area contributed by atoms with Gasteiger partial charge in [0.1, 0.15) is 17.8 Å². The van der Waals surface area contributed by atoms with Crippen LogP contribution in [-0.4, -0.2) is 28.6 Å². The Hall–Kier alpha value is -3.93. The molecular weight excluding hydrogens is 517 g/mol. The van der Waals surface area contributed by atoms with Crippen molar-refractivity contribution in [1.82, 2.24) is 20.2 Å². The number of rotatable bonds is 3.